The van der Waals surface area contributed by atoms with Gasteiger partial charge in [0.15, 0.2) is 4.34 Å². The summed E-state index contributed by atoms with van der Waals surface area (Å²) in [5.41, 5.74) is -0.225. The Hall–Kier alpha value is -1.48. The molecule has 1 aliphatic rings. The Morgan fingerprint density at radius 2 is 1.84 bits per heavy atom. The van der Waals surface area contributed by atoms with Gasteiger partial charge in [-0.1, -0.05) is 56.7 Å². The topological polar surface area (TPSA) is 80.5 Å². The molecule has 0 N–H and O–H groups in total. The van der Waals surface area contributed by atoms with Crippen molar-refractivity contribution in [3.8, 4) is 0 Å². The summed E-state index contributed by atoms with van der Waals surface area (Å²) in [4.78, 5) is 27.3. The summed E-state index contributed by atoms with van der Waals surface area (Å²) in [6.07, 6.45) is 4.56. The highest BCUT2D eigenvalue weighted by Crippen LogP contribution is 2.24. The van der Waals surface area contributed by atoms with E-state index in [0.29, 0.717) is 20.7 Å². The molecule has 136 valence electrons. The van der Waals surface area contributed by atoms with Gasteiger partial charge in [-0.25, -0.2) is 0 Å². The molecule has 2 aromatic rings. The minimum atomic E-state index is -0.384. The van der Waals surface area contributed by atoms with Crippen LogP contribution >= 0.6 is 23.1 Å². The third-order valence-electron chi connectivity index (χ3n) is 4.16. The van der Waals surface area contributed by atoms with Crippen molar-refractivity contribution in [3.63, 3.8) is 0 Å². The van der Waals surface area contributed by atoms with E-state index in [1.807, 2.05) is 25.7 Å². The first-order valence-electron chi connectivity index (χ1n) is 8.54. The number of fused-ring (bicyclic) bond motifs is 1. The summed E-state index contributed by atoms with van der Waals surface area (Å²) >= 11 is 2.66. The van der Waals surface area contributed by atoms with Gasteiger partial charge in [0.05, 0.1) is 5.75 Å². The number of aromatic nitrogens is 4. The summed E-state index contributed by atoms with van der Waals surface area (Å²) < 4.78 is 1.97. The van der Waals surface area contributed by atoms with Crippen LogP contribution in [0.2, 0.25) is 0 Å². The molecule has 1 saturated heterocycles. The highest BCUT2D eigenvalue weighted by Gasteiger charge is 2.23. The standard InChI is InChI=1S/C16H23N5O2S2/c1-16(2,3)12-13(23)21-14(18-17-12)25-15(19-21)24-10-11(22)20-8-6-4-5-7-9-20/h4-10H2,1-3H3. The average Bonchev–Trinajstić information content (AvgIpc) is 2.77. The summed E-state index contributed by atoms with van der Waals surface area (Å²) in [6, 6.07) is 0. The van der Waals surface area contributed by atoms with Crippen LogP contribution in [0, 0.1) is 0 Å². The molecule has 0 spiro atoms. The van der Waals surface area contributed by atoms with E-state index in [-0.39, 0.29) is 16.9 Å². The van der Waals surface area contributed by atoms with E-state index in [2.05, 4.69) is 15.3 Å². The molecule has 3 heterocycles. The van der Waals surface area contributed by atoms with E-state index in [1.165, 1.54) is 40.5 Å². The maximum atomic E-state index is 12.5. The number of likely N-dealkylation sites (tertiary alicyclic amines) is 1. The number of nitrogens with zero attached hydrogens (tertiary/aromatic N) is 5. The largest absolute Gasteiger partial charge is 0.342 e. The molecule has 0 aliphatic carbocycles. The Morgan fingerprint density at radius 1 is 1.16 bits per heavy atom. The number of rotatable bonds is 3. The number of hydrogen-bond donors (Lipinski definition) is 0. The van der Waals surface area contributed by atoms with Crippen LogP contribution < -0.4 is 5.56 Å². The second-order valence-electron chi connectivity index (χ2n) is 7.25. The molecule has 0 atom stereocenters. The molecule has 0 aromatic carbocycles. The quantitative estimate of drug-likeness (QED) is 0.759. The van der Waals surface area contributed by atoms with Crippen molar-refractivity contribution >= 4 is 34.0 Å². The van der Waals surface area contributed by atoms with Crippen LogP contribution in [0.1, 0.15) is 52.1 Å². The normalized spacial score (nSPS) is 16.2. The second-order valence-corrected chi connectivity index (χ2v) is 9.43. The molecule has 2 aromatic heterocycles. The highest BCUT2D eigenvalue weighted by atomic mass is 32.2. The molecule has 25 heavy (non-hydrogen) atoms. The van der Waals surface area contributed by atoms with Crippen LogP contribution in [0.3, 0.4) is 0 Å². The lowest BCUT2D eigenvalue weighted by atomic mass is 9.93. The monoisotopic (exact) mass is 381 g/mol. The van der Waals surface area contributed by atoms with Gasteiger partial charge < -0.3 is 4.90 Å². The number of thioether (sulfide) groups is 1. The average molecular weight is 382 g/mol. The molecule has 0 saturated carbocycles. The van der Waals surface area contributed by atoms with Crippen molar-refractivity contribution in [2.75, 3.05) is 18.8 Å². The third-order valence-corrected chi connectivity index (χ3v) is 6.18. The predicted molar refractivity (Wildman–Crippen MR) is 99.4 cm³/mol. The smallest absolute Gasteiger partial charge is 0.297 e. The van der Waals surface area contributed by atoms with Gasteiger partial charge in [0, 0.05) is 18.5 Å². The molecular weight excluding hydrogens is 358 g/mol. The zero-order valence-corrected chi connectivity index (χ0v) is 16.5. The highest BCUT2D eigenvalue weighted by molar-refractivity contribution is 8.01. The van der Waals surface area contributed by atoms with Crippen molar-refractivity contribution in [2.45, 2.75) is 56.2 Å². The molecule has 7 nitrogen and oxygen atoms in total. The fraction of sp³-hybridized carbons (Fsp3) is 0.688. The van der Waals surface area contributed by atoms with Gasteiger partial charge in [-0.15, -0.1) is 15.3 Å². The molecule has 1 fully saturated rings. The van der Waals surface area contributed by atoms with Crippen molar-refractivity contribution < 1.29 is 4.79 Å². The van der Waals surface area contributed by atoms with Crippen LogP contribution in [0.25, 0.3) is 4.96 Å². The molecule has 3 rings (SSSR count). The fourth-order valence-corrected chi connectivity index (χ4v) is 4.54. The molecule has 0 bridgehead atoms. The van der Waals surface area contributed by atoms with E-state index in [9.17, 15) is 9.59 Å². The van der Waals surface area contributed by atoms with Crippen molar-refractivity contribution in [1.29, 1.82) is 0 Å². The lowest BCUT2D eigenvalue weighted by Crippen LogP contribution is -2.33. The molecule has 0 radical (unpaired) electrons. The van der Waals surface area contributed by atoms with Crippen molar-refractivity contribution in [1.82, 2.24) is 24.7 Å². The SMILES string of the molecule is CC(C)(C)c1nnc2sc(SCC(=O)N3CCCCCC3)nn2c1=O. The van der Waals surface area contributed by atoms with E-state index >= 15 is 0 Å². The fourth-order valence-electron chi connectivity index (χ4n) is 2.76. The van der Waals surface area contributed by atoms with Gasteiger partial charge in [-0.05, 0) is 12.8 Å². The maximum Gasteiger partial charge on any atom is 0.297 e. The van der Waals surface area contributed by atoms with Gasteiger partial charge in [0.2, 0.25) is 10.9 Å². The zero-order chi connectivity index (χ0) is 18.0. The van der Waals surface area contributed by atoms with Crippen LogP contribution in [-0.2, 0) is 10.2 Å². The van der Waals surface area contributed by atoms with Gasteiger partial charge in [-0.2, -0.15) is 4.52 Å². The summed E-state index contributed by atoms with van der Waals surface area (Å²) in [7, 11) is 0. The Labute approximate surface area is 154 Å². The molecular formula is C16H23N5O2S2. The molecule has 1 aliphatic heterocycles. The van der Waals surface area contributed by atoms with Crippen LogP contribution in [0.5, 0.6) is 0 Å². The van der Waals surface area contributed by atoms with Crippen molar-refractivity contribution in [2.24, 2.45) is 0 Å². The van der Waals surface area contributed by atoms with Crippen molar-refractivity contribution in [3.05, 3.63) is 16.0 Å². The Bertz CT molecular complexity index is 816. The van der Waals surface area contributed by atoms with E-state index in [0.717, 1.165) is 25.9 Å². The summed E-state index contributed by atoms with van der Waals surface area (Å²) in [6.45, 7) is 7.46. The predicted octanol–water partition coefficient (Wildman–Crippen LogP) is 2.34. The first-order valence-corrected chi connectivity index (χ1v) is 10.3. The van der Waals surface area contributed by atoms with E-state index in [4.69, 9.17) is 0 Å². The zero-order valence-electron chi connectivity index (χ0n) is 14.8. The van der Waals surface area contributed by atoms with Crippen LogP contribution in [0.4, 0.5) is 0 Å². The minimum absolute atomic E-state index is 0.139. The Kier molecular flexibility index (Phi) is 5.43. The van der Waals surface area contributed by atoms with E-state index in [1.54, 1.807) is 0 Å². The van der Waals surface area contributed by atoms with Gasteiger partial charge in [-0.3, -0.25) is 9.59 Å². The lowest BCUT2D eigenvalue weighted by molar-refractivity contribution is -0.128. The number of carbonyl (C=O) groups is 1. The first kappa shape index (κ1) is 18.3. The maximum absolute atomic E-state index is 12.5. The number of amides is 1. The number of hydrogen-bond acceptors (Lipinski definition) is 7. The van der Waals surface area contributed by atoms with Gasteiger partial charge >= 0.3 is 0 Å². The Morgan fingerprint density at radius 3 is 2.48 bits per heavy atom. The Balaban J connectivity index is 1.73. The molecule has 1 amide bonds. The second kappa shape index (κ2) is 7.41. The van der Waals surface area contributed by atoms with Crippen LogP contribution in [-0.4, -0.2) is 49.5 Å². The molecule has 9 heteroatoms. The third kappa shape index (κ3) is 4.20. The molecule has 0 unspecified atom stereocenters. The lowest BCUT2D eigenvalue weighted by Gasteiger charge is -2.19. The summed E-state index contributed by atoms with van der Waals surface area (Å²) in [5.74, 6) is 0.480. The van der Waals surface area contributed by atoms with Gasteiger partial charge in [0.25, 0.3) is 5.56 Å². The van der Waals surface area contributed by atoms with Crippen LogP contribution in [0.15, 0.2) is 9.13 Å². The first-order chi connectivity index (χ1) is 11.9. The van der Waals surface area contributed by atoms with Gasteiger partial charge in [0.1, 0.15) is 5.69 Å². The minimum Gasteiger partial charge on any atom is -0.342 e. The summed E-state index contributed by atoms with van der Waals surface area (Å²) in [5, 5.41) is 12.5. The van der Waals surface area contributed by atoms with E-state index < -0.39 is 0 Å². The number of carbonyl (C=O) groups excluding carboxylic acids is 1.